The molecule has 2 bridgehead atoms. The molecule has 0 aromatic heterocycles. The number of rotatable bonds is 3. The van der Waals surface area contributed by atoms with E-state index in [0.717, 1.165) is 31.2 Å². The molecule has 1 saturated carbocycles. The smallest absolute Gasteiger partial charge is 0.125 e. The van der Waals surface area contributed by atoms with Crippen molar-refractivity contribution in [2.24, 2.45) is 0 Å². The lowest BCUT2D eigenvalue weighted by molar-refractivity contribution is -0.0102. The van der Waals surface area contributed by atoms with Gasteiger partial charge in [0.15, 0.2) is 0 Å². The predicted molar refractivity (Wildman–Crippen MR) is 73.7 cm³/mol. The van der Waals surface area contributed by atoms with Gasteiger partial charge in [-0.3, -0.25) is 0 Å². The van der Waals surface area contributed by atoms with Crippen LogP contribution < -0.4 is 10.1 Å². The molecule has 0 spiro atoms. The van der Waals surface area contributed by atoms with Gasteiger partial charge in [-0.15, -0.1) is 0 Å². The molecule has 1 aromatic rings. The molecule has 2 atom stereocenters. The fraction of sp³-hybridized carbons (Fsp3) is 0.625. The highest BCUT2D eigenvalue weighted by molar-refractivity contribution is 5.51. The number of nitrogens with one attached hydrogen (secondary N) is 1. The van der Waals surface area contributed by atoms with Crippen molar-refractivity contribution in [3.63, 3.8) is 0 Å². The van der Waals surface area contributed by atoms with Crippen LogP contribution in [0.3, 0.4) is 0 Å². The molecule has 2 saturated heterocycles. The summed E-state index contributed by atoms with van der Waals surface area (Å²) in [5.74, 6) is 1.81. The molecule has 0 amide bonds. The average molecular weight is 259 g/mol. The molecule has 3 heteroatoms. The van der Waals surface area contributed by atoms with Gasteiger partial charge < -0.3 is 14.8 Å². The molecule has 4 rings (SSSR count). The first-order valence-electron chi connectivity index (χ1n) is 7.29. The van der Waals surface area contributed by atoms with E-state index in [2.05, 4.69) is 24.4 Å². The third kappa shape index (κ3) is 1.65. The highest BCUT2D eigenvalue weighted by Crippen LogP contribution is 2.49. The van der Waals surface area contributed by atoms with Gasteiger partial charge in [0.2, 0.25) is 0 Å². The number of hydrogen-bond acceptors (Lipinski definition) is 3. The van der Waals surface area contributed by atoms with Gasteiger partial charge in [0.1, 0.15) is 11.4 Å². The van der Waals surface area contributed by atoms with Gasteiger partial charge in [0.05, 0.1) is 13.7 Å². The van der Waals surface area contributed by atoms with Gasteiger partial charge >= 0.3 is 0 Å². The first-order chi connectivity index (χ1) is 9.23. The normalized spacial score (nSPS) is 32.8. The van der Waals surface area contributed by atoms with Crippen LogP contribution in [0.2, 0.25) is 0 Å². The number of methoxy groups -OCH3 is 1. The summed E-state index contributed by atoms with van der Waals surface area (Å²) in [4.78, 5) is 0. The van der Waals surface area contributed by atoms with Crippen molar-refractivity contribution in [3.8, 4) is 5.75 Å². The van der Waals surface area contributed by atoms with E-state index in [1.54, 1.807) is 7.11 Å². The van der Waals surface area contributed by atoms with Crippen molar-refractivity contribution >= 4 is 0 Å². The third-order valence-corrected chi connectivity index (χ3v) is 4.96. The van der Waals surface area contributed by atoms with Crippen molar-refractivity contribution < 1.29 is 9.47 Å². The van der Waals surface area contributed by atoms with Gasteiger partial charge in [-0.1, -0.05) is 12.1 Å². The maximum Gasteiger partial charge on any atom is 0.125 e. The molecule has 2 unspecified atom stereocenters. The molecule has 3 aliphatic rings. The highest BCUT2D eigenvalue weighted by atomic mass is 16.5. The number of hydrogen-bond donors (Lipinski definition) is 1. The lowest BCUT2D eigenvalue weighted by atomic mass is 9.87. The molecule has 19 heavy (non-hydrogen) atoms. The van der Waals surface area contributed by atoms with Gasteiger partial charge in [-0.25, -0.2) is 0 Å². The fourth-order valence-corrected chi connectivity index (χ4v) is 3.82. The van der Waals surface area contributed by atoms with Crippen LogP contribution in [0.15, 0.2) is 12.1 Å². The molecule has 1 N–H and O–H groups in total. The zero-order valence-electron chi connectivity index (χ0n) is 11.7. The summed E-state index contributed by atoms with van der Waals surface area (Å²) >= 11 is 0. The van der Waals surface area contributed by atoms with Gasteiger partial charge in [0.25, 0.3) is 0 Å². The first-order valence-corrected chi connectivity index (χ1v) is 7.29. The van der Waals surface area contributed by atoms with Crippen molar-refractivity contribution in [3.05, 3.63) is 28.8 Å². The summed E-state index contributed by atoms with van der Waals surface area (Å²) < 4.78 is 11.8. The lowest BCUT2D eigenvalue weighted by Crippen LogP contribution is -2.37. The molecule has 3 nitrogen and oxygen atoms in total. The van der Waals surface area contributed by atoms with E-state index < -0.39 is 0 Å². The molecular formula is C16H21NO2. The second kappa shape index (κ2) is 3.97. The Labute approximate surface area is 114 Å². The summed E-state index contributed by atoms with van der Waals surface area (Å²) in [6, 6.07) is 5.08. The van der Waals surface area contributed by atoms with Crippen LogP contribution in [0.4, 0.5) is 0 Å². The number of ether oxygens (including phenoxy) is 2. The largest absolute Gasteiger partial charge is 0.496 e. The Morgan fingerprint density at radius 2 is 2.21 bits per heavy atom. The summed E-state index contributed by atoms with van der Waals surface area (Å²) in [7, 11) is 1.79. The Hall–Kier alpha value is -1.06. The Kier molecular flexibility index (Phi) is 2.45. The van der Waals surface area contributed by atoms with E-state index in [1.165, 1.54) is 29.5 Å². The van der Waals surface area contributed by atoms with E-state index in [1.807, 2.05) is 0 Å². The van der Waals surface area contributed by atoms with E-state index in [4.69, 9.17) is 9.47 Å². The molecule has 2 aliphatic heterocycles. The topological polar surface area (TPSA) is 30.5 Å². The van der Waals surface area contributed by atoms with Crippen molar-refractivity contribution in [1.82, 2.24) is 5.32 Å². The van der Waals surface area contributed by atoms with Gasteiger partial charge in [-0.2, -0.15) is 0 Å². The van der Waals surface area contributed by atoms with Crippen molar-refractivity contribution in [2.75, 3.05) is 20.3 Å². The zero-order chi connectivity index (χ0) is 13.0. The molecule has 0 radical (unpaired) electrons. The molecule has 3 fully saturated rings. The highest BCUT2D eigenvalue weighted by Gasteiger charge is 2.48. The maximum absolute atomic E-state index is 6.10. The summed E-state index contributed by atoms with van der Waals surface area (Å²) in [5.41, 5.74) is 3.88. The Morgan fingerprint density at radius 3 is 2.74 bits per heavy atom. The average Bonchev–Trinajstić information content (AvgIpc) is 3.08. The van der Waals surface area contributed by atoms with Crippen molar-refractivity contribution in [1.29, 1.82) is 0 Å². The Balaban J connectivity index is 1.80. The Morgan fingerprint density at radius 1 is 1.37 bits per heavy atom. The van der Waals surface area contributed by atoms with Gasteiger partial charge in [-0.05, 0) is 48.8 Å². The summed E-state index contributed by atoms with van der Waals surface area (Å²) in [6.07, 6.45) is 3.71. The van der Waals surface area contributed by atoms with Crippen molar-refractivity contribution in [2.45, 2.75) is 43.7 Å². The van der Waals surface area contributed by atoms with Crippen LogP contribution in [0.25, 0.3) is 0 Å². The quantitative estimate of drug-likeness (QED) is 0.904. The van der Waals surface area contributed by atoms with Crippen LogP contribution in [-0.4, -0.2) is 26.3 Å². The standard InChI is InChI=1S/C16H21NO2/c1-10-14(16-7-12(8-19-16)17-9-16)6-5-13(11-3-4-11)15(10)18-2/h5-6,11-12,17H,3-4,7-9H2,1-2H3. The van der Waals surface area contributed by atoms with Crippen LogP contribution >= 0.6 is 0 Å². The van der Waals surface area contributed by atoms with E-state index >= 15 is 0 Å². The predicted octanol–water partition coefficient (Wildman–Crippen LogP) is 2.47. The number of morpholine rings is 1. The van der Waals surface area contributed by atoms with E-state index in [-0.39, 0.29) is 5.60 Å². The second-order valence-corrected chi connectivity index (χ2v) is 6.22. The summed E-state index contributed by atoms with van der Waals surface area (Å²) in [6.45, 7) is 3.96. The zero-order valence-corrected chi connectivity index (χ0v) is 11.7. The fourth-order valence-electron chi connectivity index (χ4n) is 3.82. The SMILES string of the molecule is COc1c(C2CC2)ccc(C23CNC(CO2)C3)c1C. The van der Waals surface area contributed by atoms with Crippen LogP contribution in [0.1, 0.15) is 41.9 Å². The lowest BCUT2D eigenvalue weighted by Gasteiger charge is -2.30. The monoisotopic (exact) mass is 259 g/mol. The van der Waals surface area contributed by atoms with E-state index in [0.29, 0.717) is 6.04 Å². The Bertz CT molecular complexity index is 514. The molecular weight excluding hydrogens is 238 g/mol. The minimum Gasteiger partial charge on any atom is -0.496 e. The van der Waals surface area contributed by atoms with Crippen LogP contribution in [0.5, 0.6) is 5.75 Å². The molecule has 1 aliphatic carbocycles. The molecule has 2 heterocycles. The summed E-state index contributed by atoms with van der Waals surface area (Å²) in [5, 5.41) is 3.54. The maximum atomic E-state index is 6.10. The number of fused-ring (bicyclic) bond motifs is 2. The minimum absolute atomic E-state index is 0.107. The minimum atomic E-state index is -0.107. The molecule has 102 valence electrons. The number of benzene rings is 1. The van der Waals surface area contributed by atoms with Crippen LogP contribution in [-0.2, 0) is 10.3 Å². The molecule has 1 aromatic carbocycles. The first kappa shape index (κ1) is 11.7. The third-order valence-electron chi connectivity index (χ3n) is 4.96. The second-order valence-electron chi connectivity index (χ2n) is 6.22. The van der Waals surface area contributed by atoms with Crippen LogP contribution in [0, 0.1) is 6.92 Å². The van der Waals surface area contributed by atoms with E-state index in [9.17, 15) is 0 Å². The van der Waals surface area contributed by atoms with Gasteiger partial charge in [0, 0.05) is 12.6 Å².